The number of benzene rings is 2. The highest BCUT2D eigenvalue weighted by molar-refractivity contribution is 14.1. The maximum Gasteiger partial charge on any atom is 0.282 e. The molecular formula is C18H15IN2O4. The van der Waals surface area contributed by atoms with Crippen LogP contribution in [0.25, 0.3) is 6.08 Å². The minimum absolute atomic E-state index is 0.0177. The average Bonchev–Trinajstić information content (AvgIpc) is 2.86. The average molecular weight is 450 g/mol. The number of methoxy groups -OCH3 is 1. The maximum absolute atomic E-state index is 12.6. The van der Waals surface area contributed by atoms with E-state index in [-0.39, 0.29) is 17.1 Å². The number of rotatable bonds is 3. The molecule has 0 bridgehead atoms. The predicted molar refractivity (Wildman–Crippen MR) is 102 cm³/mol. The molecule has 0 aromatic heterocycles. The van der Waals surface area contributed by atoms with Crippen molar-refractivity contribution in [2.24, 2.45) is 0 Å². The lowest BCUT2D eigenvalue weighted by atomic mass is 10.1. The molecular weight excluding hydrogens is 435 g/mol. The lowest BCUT2D eigenvalue weighted by Gasteiger charge is -2.14. The highest BCUT2D eigenvalue weighted by Crippen LogP contribution is 2.33. The number of phenolic OH excluding ortho intramolecular Hbond substituents is 1. The Balaban J connectivity index is 1.96. The molecule has 0 unspecified atom stereocenters. The second-order valence-corrected chi connectivity index (χ2v) is 6.69. The summed E-state index contributed by atoms with van der Waals surface area (Å²) in [6, 6.07) is 10.5. The first kappa shape index (κ1) is 17.3. The zero-order valence-electron chi connectivity index (χ0n) is 13.5. The van der Waals surface area contributed by atoms with Gasteiger partial charge in [0.15, 0.2) is 11.5 Å². The van der Waals surface area contributed by atoms with Crippen LogP contribution >= 0.6 is 22.6 Å². The molecule has 25 heavy (non-hydrogen) atoms. The van der Waals surface area contributed by atoms with Gasteiger partial charge in [-0.1, -0.05) is 17.7 Å². The molecule has 1 saturated heterocycles. The van der Waals surface area contributed by atoms with Crippen LogP contribution in [0.1, 0.15) is 11.1 Å². The van der Waals surface area contributed by atoms with E-state index in [4.69, 9.17) is 4.74 Å². The highest BCUT2D eigenvalue weighted by atomic mass is 127. The fourth-order valence-corrected chi connectivity index (χ4v) is 3.06. The Morgan fingerprint density at radius 3 is 2.52 bits per heavy atom. The van der Waals surface area contributed by atoms with Gasteiger partial charge >= 0.3 is 0 Å². The lowest BCUT2D eigenvalue weighted by molar-refractivity contribution is -0.117. The number of halogens is 1. The van der Waals surface area contributed by atoms with Crippen molar-refractivity contribution in [2.45, 2.75) is 6.92 Å². The summed E-state index contributed by atoms with van der Waals surface area (Å²) >= 11 is 1.96. The molecule has 1 heterocycles. The van der Waals surface area contributed by atoms with E-state index in [0.29, 0.717) is 14.8 Å². The van der Waals surface area contributed by atoms with Crippen LogP contribution in [0.5, 0.6) is 11.5 Å². The van der Waals surface area contributed by atoms with Gasteiger partial charge in [-0.05, 0) is 65.4 Å². The van der Waals surface area contributed by atoms with E-state index in [9.17, 15) is 14.7 Å². The molecule has 2 aromatic rings. The lowest BCUT2D eigenvalue weighted by Crippen LogP contribution is -2.35. The minimum Gasteiger partial charge on any atom is -0.504 e. The Kier molecular flexibility index (Phi) is 4.67. The van der Waals surface area contributed by atoms with Crippen LogP contribution in [0.15, 0.2) is 42.0 Å². The zero-order valence-corrected chi connectivity index (χ0v) is 15.7. The molecule has 0 saturated carbocycles. The molecule has 0 aliphatic carbocycles. The molecule has 128 valence electrons. The number of aryl methyl sites for hydroxylation is 1. The molecule has 2 N–H and O–H groups in total. The number of anilines is 1. The van der Waals surface area contributed by atoms with Crippen LogP contribution in [-0.2, 0) is 9.59 Å². The summed E-state index contributed by atoms with van der Waals surface area (Å²) in [5, 5.41) is 11.1. The third-order valence-corrected chi connectivity index (χ3v) is 4.59. The molecule has 3 rings (SSSR count). The van der Waals surface area contributed by atoms with Crippen LogP contribution in [-0.4, -0.2) is 24.0 Å². The van der Waals surface area contributed by atoms with Gasteiger partial charge in [-0.15, -0.1) is 0 Å². The number of hydrogen-bond acceptors (Lipinski definition) is 4. The Morgan fingerprint density at radius 1 is 1.20 bits per heavy atom. The SMILES string of the molecule is COc1cc(C=C2C(=O)NN(c3ccc(C)cc3)C2=O)cc(I)c1O. The van der Waals surface area contributed by atoms with Crippen LogP contribution in [0.4, 0.5) is 5.69 Å². The van der Waals surface area contributed by atoms with Gasteiger partial charge in [0.2, 0.25) is 0 Å². The summed E-state index contributed by atoms with van der Waals surface area (Å²) in [7, 11) is 1.44. The highest BCUT2D eigenvalue weighted by Gasteiger charge is 2.34. The summed E-state index contributed by atoms with van der Waals surface area (Å²) < 4.78 is 5.67. The quantitative estimate of drug-likeness (QED) is 0.429. The summed E-state index contributed by atoms with van der Waals surface area (Å²) in [6.07, 6.45) is 1.48. The number of hydrogen-bond donors (Lipinski definition) is 2. The van der Waals surface area contributed by atoms with Crippen LogP contribution in [0, 0.1) is 10.5 Å². The van der Waals surface area contributed by atoms with Crippen molar-refractivity contribution in [3.8, 4) is 11.5 Å². The molecule has 0 radical (unpaired) electrons. The van der Waals surface area contributed by atoms with Crippen molar-refractivity contribution < 1.29 is 19.4 Å². The Bertz CT molecular complexity index is 891. The van der Waals surface area contributed by atoms with Crippen molar-refractivity contribution in [3.63, 3.8) is 0 Å². The van der Waals surface area contributed by atoms with E-state index in [1.54, 1.807) is 24.3 Å². The number of amides is 2. The molecule has 1 fully saturated rings. The monoisotopic (exact) mass is 450 g/mol. The van der Waals surface area contributed by atoms with Gasteiger partial charge in [-0.3, -0.25) is 15.0 Å². The van der Waals surface area contributed by atoms with Crippen LogP contribution in [0.2, 0.25) is 0 Å². The second kappa shape index (κ2) is 6.75. The van der Waals surface area contributed by atoms with E-state index in [1.807, 2.05) is 41.6 Å². The van der Waals surface area contributed by atoms with Crippen molar-refractivity contribution in [3.05, 3.63) is 56.7 Å². The molecule has 0 atom stereocenters. The van der Waals surface area contributed by atoms with Gasteiger partial charge in [0, 0.05) is 0 Å². The number of carbonyl (C=O) groups is 2. The van der Waals surface area contributed by atoms with E-state index in [0.717, 1.165) is 5.56 Å². The summed E-state index contributed by atoms with van der Waals surface area (Å²) in [6.45, 7) is 1.94. The third-order valence-electron chi connectivity index (χ3n) is 3.77. The Labute approximate surface area is 158 Å². The van der Waals surface area contributed by atoms with Gasteiger partial charge in [0.25, 0.3) is 11.8 Å². The Hall–Kier alpha value is -2.55. The largest absolute Gasteiger partial charge is 0.504 e. The van der Waals surface area contributed by atoms with Crippen molar-refractivity contribution in [1.29, 1.82) is 0 Å². The van der Waals surface area contributed by atoms with Gasteiger partial charge in [-0.2, -0.15) is 0 Å². The third kappa shape index (κ3) is 3.32. The van der Waals surface area contributed by atoms with E-state index >= 15 is 0 Å². The number of ether oxygens (including phenoxy) is 1. The number of aromatic hydroxyl groups is 1. The molecule has 7 heteroatoms. The van der Waals surface area contributed by atoms with Crippen molar-refractivity contribution in [1.82, 2.24) is 5.43 Å². The molecule has 6 nitrogen and oxygen atoms in total. The molecule has 2 amide bonds. The van der Waals surface area contributed by atoms with Gasteiger partial charge in [-0.25, -0.2) is 5.01 Å². The van der Waals surface area contributed by atoms with Crippen LogP contribution < -0.4 is 15.2 Å². The zero-order chi connectivity index (χ0) is 18.1. The van der Waals surface area contributed by atoms with Gasteiger partial charge in [0.05, 0.1) is 16.4 Å². The summed E-state index contributed by atoms with van der Waals surface area (Å²) in [4.78, 5) is 24.8. The van der Waals surface area contributed by atoms with E-state index in [2.05, 4.69) is 5.43 Å². The van der Waals surface area contributed by atoms with Crippen LogP contribution in [0.3, 0.4) is 0 Å². The minimum atomic E-state index is -0.479. The first-order chi connectivity index (χ1) is 11.9. The maximum atomic E-state index is 12.6. The van der Waals surface area contributed by atoms with E-state index in [1.165, 1.54) is 18.2 Å². The first-order valence-electron chi connectivity index (χ1n) is 7.41. The second-order valence-electron chi connectivity index (χ2n) is 5.53. The molecule has 0 spiro atoms. The number of hydrazine groups is 1. The standard InChI is InChI=1S/C18H15IN2O4/c1-10-3-5-12(6-4-10)21-18(24)13(17(23)20-21)7-11-8-14(19)16(22)15(9-11)25-2/h3-9,22H,1-2H3,(H,20,23). The number of phenols is 1. The van der Waals surface area contributed by atoms with Gasteiger partial charge in [0.1, 0.15) is 5.57 Å². The molecule has 2 aromatic carbocycles. The predicted octanol–water partition coefficient (Wildman–Crippen LogP) is 2.78. The number of carbonyl (C=O) groups excluding carboxylic acids is 2. The smallest absolute Gasteiger partial charge is 0.282 e. The van der Waals surface area contributed by atoms with Crippen molar-refractivity contribution in [2.75, 3.05) is 12.1 Å². The number of nitrogens with one attached hydrogen (secondary N) is 1. The fourth-order valence-electron chi connectivity index (χ4n) is 2.43. The summed E-state index contributed by atoms with van der Waals surface area (Å²) in [5.74, 6) is -0.614. The number of nitrogens with zero attached hydrogens (tertiary/aromatic N) is 1. The molecule has 1 aliphatic rings. The normalized spacial score (nSPS) is 15.6. The van der Waals surface area contributed by atoms with E-state index < -0.39 is 11.8 Å². The summed E-state index contributed by atoms with van der Waals surface area (Å²) in [5.41, 5.74) is 4.81. The van der Waals surface area contributed by atoms with Crippen molar-refractivity contribution >= 4 is 46.2 Å². The molecule has 1 aliphatic heterocycles. The first-order valence-corrected chi connectivity index (χ1v) is 8.49. The topological polar surface area (TPSA) is 78.9 Å². The van der Waals surface area contributed by atoms with Gasteiger partial charge < -0.3 is 9.84 Å². The Morgan fingerprint density at radius 2 is 1.88 bits per heavy atom. The fraction of sp³-hybridized carbons (Fsp3) is 0.111.